The molecule has 0 N–H and O–H groups in total. The van der Waals surface area contributed by atoms with Crippen LogP contribution in [0.5, 0.6) is 5.75 Å². The molecular formula is C52H60Cl2N6O5Si. The van der Waals surface area contributed by atoms with E-state index in [1.165, 1.54) is 0 Å². The van der Waals surface area contributed by atoms with Gasteiger partial charge in [0.25, 0.3) is 5.91 Å². The summed E-state index contributed by atoms with van der Waals surface area (Å²) >= 11 is 13.8. The second kappa shape index (κ2) is 19.1. The lowest BCUT2D eigenvalue weighted by atomic mass is 9.98. The molecule has 0 bridgehead atoms. The number of carbonyl (C=O) groups excluding carboxylic acids is 2. The molecule has 14 heteroatoms. The molecule has 346 valence electrons. The molecule has 1 aliphatic rings. The van der Waals surface area contributed by atoms with Crippen molar-refractivity contribution in [2.45, 2.75) is 106 Å². The fraction of sp³-hybridized carbons (Fsp3) is 0.385. The number of amides is 1. The van der Waals surface area contributed by atoms with Crippen LogP contribution in [0.3, 0.4) is 0 Å². The van der Waals surface area contributed by atoms with Crippen molar-refractivity contribution < 1.29 is 23.8 Å². The van der Waals surface area contributed by atoms with Gasteiger partial charge in [-0.3, -0.25) is 9.78 Å². The van der Waals surface area contributed by atoms with Crippen LogP contribution in [0.4, 0.5) is 5.69 Å². The highest BCUT2D eigenvalue weighted by Gasteiger charge is 2.38. The predicted molar refractivity (Wildman–Crippen MR) is 269 cm³/mol. The monoisotopic (exact) mass is 946 g/mol. The number of esters is 1. The normalized spacial score (nSPS) is 14.2. The summed E-state index contributed by atoms with van der Waals surface area (Å²) in [4.78, 5) is 35.9. The Balaban J connectivity index is 1.27. The molecule has 0 radical (unpaired) electrons. The second-order valence-corrected chi connectivity index (χ2v) is 25.3. The van der Waals surface area contributed by atoms with Gasteiger partial charge in [-0.1, -0.05) is 55.0 Å². The molecule has 0 saturated heterocycles. The van der Waals surface area contributed by atoms with Crippen LogP contribution in [0.2, 0.25) is 35.7 Å². The van der Waals surface area contributed by atoms with E-state index < -0.39 is 14.0 Å². The minimum atomic E-state index is -1.28. The first-order valence-corrected chi connectivity index (χ1v) is 27.3. The van der Waals surface area contributed by atoms with Crippen LogP contribution in [-0.4, -0.2) is 70.2 Å². The minimum Gasteiger partial charge on any atom is -0.494 e. The summed E-state index contributed by atoms with van der Waals surface area (Å²) in [6.45, 7) is 23.4. The Labute approximate surface area is 398 Å². The summed E-state index contributed by atoms with van der Waals surface area (Å²) in [6.07, 6.45) is 2.94. The second-order valence-electron chi connectivity index (χ2n) is 18.9. The zero-order chi connectivity index (χ0) is 47.2. The number of hydrogen-bond acceptors (Lipinski definition) is 7. The van der Waals surface area contributed by atoms with Gasteiger partial charge in [-0.25, -0.2) is 9.48 Å². The molecule has 1 atom stereocenters. The van der Waals surface area contributed by atoms with Crippen LogP contribution in [0.1, 0.15) is 86.6 Å². The summed E-state index contributed by atoms with van der Waals surface area (Å²) in [5.74, 6) is 0.188. The summed E-state index contributed by atoms with van der Waals surface area (Å²) in [6, 6.07) is 20.5. The topological polar surface area (TPSA) is 106 Å². The summed E-state index contributed by atoms with van der Waals surface area (Å²) < 4.78 is 24.2. The fourth-order valence-corrected chi connectivity index (χ4v) is 10.6. The lowest BCUT2D eigenvalue weighted by Crippen LogP contribution is -2.43. The van der Waals surface area contributed by atoms with Crippen molar-refractivity contribution in [3.63, 3.8) is 0 Å². The molecule has 1 amide bonds. The van der Waals surface area contributed by atoms with E-state index in [-0.39, 0.29) is 18.6 Å². The Morgan fingerprint density at radius 1 is 0.924 bits per heavy atom. The number of aryl methyl sites for hydroxylation is 5. The van der Waals surface area contributed by atoms with Crippen LogP contribution in [-0.2, 0) is 29.2 Å². The molecule has 0 unspecified atom stereocenters. The van der Waals surface area contributed by atoms with Crippen LogP contribution >= 0.6 is 23.2 Å². The van der Waals surface area contributed by atoms with Gasteiger partial charge in [-0.05, 0) is 138 Å². The average molecular weight is 948 g/mol. The number of carbonyl (C=O) groups is 2. The number of benzene rings is 3. The number of halogens is 2. The van der Waals surface area contributed by atoms with Gasteiger partial charge in [0, 0.05) is 66.1 Å². The van der Waals surface area contributed by atoms with Crippen molar-refractivity contribution in [2.75, 3.05) is 31.3 Å². The molecule has 66 heavy (non-hydrogen) atoms. The largest absolute Gasteiger partial charge is 0.494 e. The zero-order valence-corrected chi connectivity index (χ0v) is 42.3. The smallest absolute Gasteiger partial charge is 0.354 e. The Morgan fingerprint density at radius 3 is 2.38 bits per heavy atom. The third kappa shape index (κ3) is 9.17. The maximum Gasteiger partial charge on any atom is 0.354 e. The molecule has 4 aromatic heterocycles. The molecule has 11 nitrogen and oxygen atoms in total. The van der Waals surface area contributed by atoms with Gasteiger partial charge < -0.3 is 28.2 Å². The standard InChI is InChI=1S/C52H60Cl2N6O5Si/c1-11-64-52(62)44-27-37-23-31(2)24-43(48(37)57(44)29-38-15-12-13-19-55-38)58-28-34(5)60-49-41(40(50(60)51(58)61)16-14-20-65-39-25-32(3)47(54)33(4)26-39)17-18-42(53)46(49)45-35(6)56-59(36(45)7)30-63-21-22-66(8,9)10/h12-13,15,17-19,23-27,34H,11,14,16,20-22,28-30H2,1-10H3/t34-/m1/s1. The van der Waals surface area contributed by atoms with Gasteiger partial charge in [-0.2, -0.15) is 5.10 Å². The first-order valence-electron chi connectivity index (χ1n) is 22.9. The molecule has 7 aromatic rings. The average Bonchev–Trinajstić information content (AvgIpc) is 3.89. The van der Waals surface area contributed by atoms with Crippen molar-refractivity contribution in [2.24, 2.45) is 0 Å². The van der Waals surface area contributed by atoms with E-state index in [1.807, 2.05) is 90.4 Å². The van der Waals surface area contributed by atoms with Gasteiger partial charge in [-0.15, -0.1) is 0 Å². The molecule has 5 heterocycles. The zero-order valence-electron chi connectivity index (χ0n) is 39.8. The first-order chi connectivity index (χ1) is 31.5. The first kappa shape index (κ1) is 47.1. The molecule has 0 aliphatic carbocycles. The van der Waals surface area contributed by atoms with Crippen molar-refractivity contribution in [1.82, 2.24) is 23.9 Å². The summed E-state index contributed by atoms with van der Waals surface area (Å²) in [5, 5.41) is 8.09. The Kier molecular flexibility index (Phi) is 13.6. The van der Waals surface area contributed by atoms with Crippen molar-refractivity contribution in [1.29, 1.82) is 0 Å². The maximum absolute atomic E-state index is 15.8. The van der Waals surface area contributed by atoms with E-state index in [9.17, 15) is 4.79 Å². The minimum absolute atomic E-state index is 0.138. The lowest BCUT2D eigenvalue weighted by Gasteiger charge is -2.35. The number of rotatable bonds is 16. The Bertz CT molecular complexity index is 2960. The van der Waals surface area contributed by atoms with E-state index >= 15 is 4.79 Å². The number of fused-ring (bicyclic) bond motifs is 4. The van der Waals surface area contributed by atoms with Crippen LogP contribution in [0.15, 0.2) is 66.9 Å². The van der Waals surface area contributed by atoms with E-state index in [1.54, 1.807) is 13.1 Å². The van der Waals surface area contributed by atoms with Gasteiger partial charge >= 0.3 is 5.97 Å². The molecule has 0 saturated carbocycles. The van der Waals surface area contributed by atoms with Gasteiger partial charge in [0.1, 0.15) is 23.9 Å². The number of hydrogen-bond donors (Lipinski definition) is 0. The van der Waals surface area contributed by atoms with Crippen molar-refractivity contribution >= 4 is 70.6 Å². The maximum atomic E-state index is 15.8. The number of nitrogens with zero attached hydrogens (tertiary/aromatic N) is 6. The molecule has 3 aromatic carbocycles. The lowest BCUT2D eigenvalue weighted by molar-refractivity contribution is 0.0514. The van der Waals surface area contributed by atoms with Gasteiger partial charge in [0.2, 0.25) is 0 Å². The van der Waals surface area contributed by atoms with Crippen molar-refractivity contribution in [3.05, 3.63) is 128 Å². The number of aromatic nitrogens is 5. The Morgan fingerprint density at radius 2 is 1.68 bits per heavy atom. The van der Waals surface area contributed by atoms with Crippen LogP contribution in [0, 0.1) is 34.6 Å². The third-order valence-corrected chi connectivity index (χ3v) is 15.2. The van der Waals surface area contributed by atoms with Crippen LogP contribution in [0.25, 0.3) is 32.9 Å². The van der Waals surface area contributed by atoms with Crippen molar-refractivity contribution in [3.8, 4) is 16.9 Å². The SMILES string of the molecule is CCOC(=O)c1cc2cc(C)cc(N3C[C@@H](C)n4c(c(CCCOc5cc(C)c(Cl)c(C)c5)c5ccc(Cl)c(-c6c(C)nn(COCC[Si](C)(C)C)c6C)c54)C3=O)c2n1Cc1ccccn1. The number of ether oxygens (including phenoxy) is 3. The number of pyridine rings is 1. The molecule has 0 fully saturated rings. The molecule has 0 spiro atoms. The molecule has 8 rings (SSSR count). The molecule has 1 aliphatic heterocycles. The van der Waals surface area contributed by atoms with E-state index in [4.69, 9.17) is 42.5 Å². The third-order valence-electron chi connectivity index (χ3n) is 12.6. The van der Waals surface area contributed by atoms with Gasteiger partial charge in [0.15, 0.2) is 0 Å². The summed E-state index contributed by atoms with van der Waals surface area (Å²) in [5.41, 5.74) is 11.5. The predicted octanol–water partition coefficient (Wildman–Crippen LogP) is 12.5. The quantitative estimate of drug-likeness (QED) is 0.0539. The van der Waals surface area contributed by atoms with E-state index in [0.29, 0.717) is 68.0 Å². The Hall–Kier alpha value is -5.40. The molecular weight excluding hydrogens is 888 g/mol. The highest BCUT2D eigenvalue weighted by atomic mass is 35.5. The highest BCUT2D eigenvalue weighted by Crippen LogP contribution is 2.46. The highest BCUT2D eigenvalue weighted by molar-refractivity contribution is 6.76. The number of anilines is 1. The fourth-order valence-electron chi connectivity index (χ4n) is 9.45. The summed E-state index contributed by atoms with van der Waals surface area (Å²) in [7, 11) is -1.28. The van der Waals surface area contributed by atoms with E-state index in [2.05, 4.69) is 55.2 Å². The van der Waals surface area contributed by atoms with Crippen LogP contribution < -0.4 is 9.64 Å². The van der Waals surface area contributed by atoms with E-state index in [0.717, 1.165) is 89.1 Å². The van der Waals surface area contributed by atoms with Gasteiger partial charge in [0.05, 0.1) is 52.9 Å².